The molecule has 0 unspecified atom stereocenters. The van der Waals surface area contributed by atoms with Crippen LogP contribution >= 0.6 is 11.6 Å². The van der Waals surface area contributed by atoms with Crippen LogP contribution in [0.2, 0.25) is 5.02 Å². The summed E-state index contributed by atoms with van der Waals surface area (Å²) in [6, 6.07) is 7.58. The fraction of sp³-hybridized carbons (Fsp3) is 0.417. The van der Waals surface area contributed by atoms with Crippen molar-refractivity contribution in [2.24, 2.45) is 10.8 Å². The molecule has 1 rings (SSSR count). The van der Waals surface area contributed by atoms with Gasteiger partial charge in [0.1, 0.15) is 0 Å². The summed E-state index contributed by atoms with van der Waals surface area (Å²) in [4.78, 5) is 4.32. The van der Waals surface area contributed by atoms with Gasteiger partial charge in [0, 0.05) is 25.3 Å². The molecule has 1 aromatic rings. The number of ether oxygens (including phenoxy) is 1. The first kappa shape index (κ1) is 14.8. The predicted octanol–water partition coefficient (Wildman–Crippen LogP) is 1.29. The standard InChI is InChI=1S/C12H19ClN4O/c1-18-7-3-6-15-12(17-14)16-9-10-4-2-5-11(13)8-10/h2,4-5,8H,3,6-7,9,14H2,1H3,(H2,15,16,17). The Labute approximate surface area is 112 Å². The van der Waals surface area contributed by atoms with E-state index in [0.717, 1.165) is 18.5 Å². The molecule has 0 saturated carbocycles. The number of hydrogen-bond acceptors (Lipinski definition) is 3. The highest BCUT2D eigenvalue weighted by atomic mass is 35.5. The van der Waals surface area contributed by atoms with Crippen molar-refractivity contribution >= 4 is 17.6 Å². The van der Waals surface area contributed by atoms with Crippen molar-refractivity contribution in [2.75, 3.05) is 20.3 Å². The minimum atomic E-state index is 0.525. The van der Waals surface area contributed by atoms with E-state index in [0.29, 0.717) is 24.1 Å². The van der Waals surface area contributed by atoms with E-state index in [1.54, 1.807) is 7.11 Å². The zero-order chi connectivity index (χ0) is 13.2. The number of aliphatic imine (C=N–C) groups is 1. The van der Waals surface area contributed by atoms with E-state index < -0.39 is 0 Å². The molecule has 0 aliphatic carbocycles. The molecular weight excluding hydrogens is 252 g/mol. The zero-order valence-electron chi connectivity index (χ0n) is 10.4. The lowest BCUT2D eigenvalue weighted by atomic mass is 10.2. The fourth-order valence-corrected chi connectivity index (χ4v) is 1.59. The molecule has 0 bridgehead atoms. The molecule has 0 aliphatic heterocycles. The third kappa shape index (κ3) is 5.86. The van der Waals surface area contributed by atoms with Gasteiger partial charge in [0.2, 0.25) is 5.96 Å². The summed E-state index contributed by atoms with van der Waals surface area (Å²) in [6.07, 6.45) is 0.897. The van der Waals surface area contributed by atoms with Crippen LogP contribution in [-0.2, 0) is 11.3 Å². The molecule has 0 fully saturated rings. The lowest BCUT2D eigenvalue weighted by Gasteiger charge is -2.08. The molecule has 18 heavy (non-hydrogen) atoms. The van der Waals surface area contributed by atoms with Crippen LogP contribution in [0, 0.1) is 0 Å². The second-order valence-corrected chi connectivity index (χ2v) is 4.15. The van der Waals surface area contributed by atoms with E-state index in [4.69, 9.17) is 22.2 Å². The number of hydrazine groups is 1. The van der Waals surface area contributed by atoms with E-state index in [-0.39, 0.29) is 0 Å². The highest BCUT2D eigenvalue weighted by Gasteiger charge is 1.97. The van der Waals surface area contributed by atoms with Gasteiger partial charge in [0.05, 0.1) is 6.54 Å². The second kappa shape index (κ2) is 8.74. The van der Waals surface area contributed by atoms with Crippen molar-refractivity contribution in [2.45, 2.75) is 13.0 Å². The Kier molecular flexibility index (Phi) is 7.17. The van der Waals surface area contributed by atoms with Crippen molar-refractivity contribution in [1.29, 1.82) is 0 Å². The number of guanidine groups is 1. The van der Waals surface area contributed by atoms with Gasteiger partial charge in [-0.05, 0) is 24.1 Å². The van der Waals surface area contributed by atoms with Crippen molar-refractivity contribution in [1.82, 2.24) is 10.7 Å². The SMILES string of the molecule is COCCCNC(=NCc1cccc(Cl)c1)NN. The van der Waals surface area contributed by atoms with Crippen LogP contribution in [0.4, 0.5) is 0 Å². The van der Waals surface area contributed by atoms with Gasteiger partial charge in [-0.2, -0.15) is 0 Å². The number of methoxy groups -OCH3 is 1. The molecule has 0 atom stereocenters. The van der Waals surface area contributed by atoms with Crippen LogP contribution in [0.3, 0.4) is 0 Å². The Morgan fingerprint density at radius 1 is 1.50 bits per heavy atom. The number of halogens is 1. The minimum Gasteiger partial charge on any atom is -0.385 e. The van der Waals surface area contributed by atoms with Crippen LogP contribution in [-0.4, -0.2) is 26.2 Å². The van der Waals surface area contributed by atoms with E-state index in [9.17, 15) is 0 Å². The molecule has 5 nitrogen and oxygen atoms in total. The summed E-state index contributed by atoms with van der Waals surface area (Å²) in [5, 5.41) is 3.80. The van der Waals surface area contributed by atoms with Crippen LogP contribution < -0.4 is 16.6 Å². The second-order valence-electron chi connectivity index (χ2n) is 3.71. The first-order valence-electron chi connectivity index (χ1n) is 5.74. The van der Waals surface area contributed by atoms with Crippen molar-refractivity contribution in [3.8, 4) is 0 Å². The number of hydrogen-bond donors (Lipinski definition) is 3. The highest BCUT2D eigenvalue weighted by molar-refractivity contribution is 6.30. The van der Waals surface area contributed by atoms with Gasteiger partial charge in [-0.1, -0.05) is 23.7 Å². The topological polar surface area (TPSA) is 71.7 Å². The van der Waals surface area contributed by atoms with Crippen molar-refractivity contribution < 1.29 is 4.74 Å². The van der Waals surface area contributed by atoms with Crippen molar-refractivity contribution in [3.05, 3.63) is 34.9 Å². The lowest BCUT2D eigenvalue weighted by Crippen LogP contribution is -2.42. The number of benzene rings is 1. The molecule has 100 valence electrons. The molecule has 0 heterocycles. The van der Waals surface area contributed by atoms with Crippen LogP contribution in [0.15, 0.2) is 29.3 Å². The molecule has 0 radical (unpaired) electrons. The van der Waals surface area contributed by atoms with Gasteiger partial charge in [-0.25, -0.2) is 10.8 Å². The maximum Gasteiger partial charge on any atom is 0.206 e. The predicted molar refractivity (Wildman–Crippen MR) is 74.4 cm³/mol. The van der Waals surface area contributed by atoms with E-state index >= 15 is 0 Å². The quantitative estimate of drug-likeness (QED) is 0.239. The van der Waals surface area contributed by atoms with E-state index in [1.807, 2.05) is 24.3 Å². The maximum absolute atomic E-state index is 5.89. The Bertz CT molecular complexity index is 384. The molecule has 4 N–H and O–H groups in total. The molecule has 0 aromatic heterocycles. The third-order valence-electron chi connectivity index (χ3n) is 2.26. The van der Waals surface area contributed by atoms with Gasteiger partial charge in [0.25, 0.3) is 0 Å². The smallest absolute Gasteiger partial charge is 0.206 e. The molecule has 0 amide bonds. The molecule has 1 aromatic carbocycles. The van der Waals surface area contributed by atoms with Gasteiger partial charge in [-0.3, -0.25) is 5.43 Å². The average molecular weight is 271 g/mol. The maximum atomic E-state index is 5.89. The average Bonchev–Trinajstić information content (AvgIpc) is 2.38. The molecule has 0 spiro atoms. The Hall–Kier alpha value is -1.30. The van der Waals surface area contributed by atoms with E-state index in [1.165, 1.54) is 0 Å². The lowest BCUT2D eigenvalue weighted by molar-refractivity contribution is 0.195. The Morgan fingerprint density at radius 2 is 2.33 bits per heavy atom. The summed E-state index contributed by atoms with van der Waals surface area (Å²) in [5.74, 6) is 5.94. The molecule has 6 heteroatoms. The third-order valence-corrected chi connectivity index (χ3v) is 2.50. The summed E-state index contributed by atoms with van der Waals surface area (Å²) >= 11 is 5.89. The summed E-state index contributed by atoms with van der Waals surface area (Å²) in [6.45, 7) is 1.99. The van der Waals surface area contributed by atoms with Gasteiger partial charge in [-0.15, -0.1) is 0 Å². The minimum absolute atomic E-state index is 0.525. The first-order valence-corrected chi connectivity index (χ1v) is 6.12. The van der Waals surface area contributed by atoms with Crippen LogP contribution in [0.25, 0.3) is 0 Å². The monoisotopic (exact) mass is 270 g/mol. The number of nitrogens with zero attached hydrogens (tertiary/aromatic N) is 1. The van der Waals surface area contributed by atoms with Gasteiger partial charge < -0.3 is 10.1 Å². The number of rotatable bonds is 6. The Morgan fingerprint density at radius 3 is 3.00 bits per heavy atom. The molecule has 0 saturated heterocycles. The Balaban J connectivity index is 2.42. The van der Waals surface area contributed by atoms with Crippen LogP contribution in [0.1, 0.15) is 12.0 Å². The van der Waals surface area contributed by atoms with Crippen LogP contribution in [0.5, 0.6) is 0 Å². The zero-order valence-corrected chi connectivity index (χ0v) is 11.2. The summed E-state index contributed by atoms with van der Waals surface area (Å²) in [5.41, 5.74) is 3.56. The molecular formula is C12H19ClN4O. The first-order chi connectivity index (χ1) is 8.76. The normalized spacial score (nSPS) is 11.4. The molecule has 0 aliphatic rings. The summed E-state index contributed by atoms with van der Waals surface area (Å²) in [7, 11) is 1.68. The van der Waals surface area contributed by atoms with E-state index in [2.05, 4.69) is 15.7 Å². The fourth-order valence-electron chi connectivity index (χ4n) is 1.38. The highest BCUT2D eigenvalue weighted by Crippen LogP contribution is 2.11. The van der Waals surface area contributed by atoms with Gasteiger partial charge >= 0.3 is 0 Å². The van der Waals surface area contributed by atoms with Gasteiger partial charge in [0.15, 0.2) is 0 Å². The largest absolute Gasteiger partial charge is 0.385 e. The number of nitrogens with two attached hydrogens (primary N) is 1. The van der Waals surface area contributed by atoms with Crippen molar-refractivity contribution in [3.63, 3.8) is 0 Å². The number of nitrogens with one attached hydrogen (secondary N) is 2. The summed E-state index contributed by atoms with van der Waals surface area (Å²) < 4.78 is 4.95.